The molecule has 0 fully saturated rings. The lowest BCUT2D eigenvalue weighted by Gasteiger charge is -2.32. The Morgan fingerprint density at radius 3 is 2.08 bits per heavy atom. The Hall–Kier alpha value is -2.60. The summed E-state index contributed by atoms with van der Waals surface area (Å²) in [4.78, 5) is -0.215. The topological polar surface area (TPSA) is 74.8 Å². The first-order valence-corrected chi connectivity index (χ1v) is 14.6. The second kappa shape index (κ2) is 11.4. The van der Waals surface area contributed by atoms with Crippen LogP contribution in [0.3, 0.4) is 0 Å². The highest BCUT2D eigenvalue weighted by atomic mass is 35.5. The number of halogens is 4. The third kappa shape index (κ3) is 6.64. The maximum absolute atomic E-state index is 15.0. The van der Waals surface area contributed by atoms with Crippen molar-refractivity contribution in [3.05, 3.63) is 94.3 Å². The van der Waals surface area contributed by atoms with Gasteiger partial charge >= 0.3 is 0 Å². The second-order valence-electron chi connectivity index (χ2n) is 8.57. The first-order valence-electron chi connectivity index (χ1n) is 11.2. The van der Waals surface area contributed by atoms with Gasteiger partial charge in [0, 0.05) is 25.2 Å². The molecule has 37 heavy (non-hydrogen) atoms. The molecule has 0 saturated heterocycles. The van der Waals surface area contributed by atoms with Crippen LogP contribution in [-0.4, -0.2) is 41.0 Å². The summed E-state index contributed by atoms with van der Waals surface area (Å²) in [5, 5.41) is 0.281. The van der Waals surface area contributed by atoms with Gasteiger partial charge < -0.3 is 0 Å². The van der Waals surface area contributed by atoms with E-state index in [1.165, 1.54) is 57.4 Å². The van der Waals surface area contributed by atoms with Crippen molar-refractivity contribution in [3.8, 4) is 0 Å². The number of nitrogens with zero attached hydrogens (tertiary/aromatic N) is 2. The molecule has 200 valence electrons. The summed E-state index contributed by atoms with van der Waals surface area (Å²) in [7, 11) is -5.18. The third-order valence-electron chi connectivity index (χ3n) is 5.83. The van der Waals surface area contributed by atoms with Crippen LogP contribution in [0.15, 0.2) is 65.6 Å². The summed E-state index contributed by atoms with van der Waals surface area (Å²) < 4.78 is 97.0. The molecule has 6 nitrogen and oxygen atoms in total. The summed E-state index contributed by atoms with van der Waals surface area (Å²) >= 11 is 5.90. The molecule has 0 spiro atoms. The lowest BCUT2D eigenvalue weighted by molar-refractivity contribution is 0.518. The Morgan fingerprint density at radius 2 is 1.46 bits per heavy atom. The first-order chi connectivity index (χ1) is 17.2. The minimum atomic E-state index is -4.47. The van der Waals surface area contributed by atoms with Gasteiger partial charge in [0.15, 0.2) is 0 Å². The Labute approximate surface area is 220 Å². The van der Waals surface area contributed by atoms with Gasteiger partial charge in [0.05, 0.1) is 22.4 Å². The van der Waals surface area contributed by atoms with Crippen molar-refractivity contribution < 1.29 is 30.0 Å². The van der Waals surface area contributed by atoms with E-state index in [0.29, 0.717) is 11.1 Å². The minimum absolute atomic E-state index is 0.102. The molecule has 0 saturated carbocycles. The van der Waals surface area contributed by atoms with E-state index in [1.54, 1.807) is 0 Å². The third-order valence-corrected chi connectivity index (χ3v) is 9.90. The zero-order valence-corrected chi connectivity index (χ0v) is 22.7. The van der Waals surface area contributed by atoms with Crippen LogP contribution in [-0.2, 0) is 26.5 Å². The largest absolute Gasteiger partial charge is 0.264 e. The van der Waals surface area contributed by atoms with Crippen LogP contribution in [0.2, 0.25) is 5.02 Å². The van der Waals surface area contributed by atoms with E-state index >= 15 is 0 Å². The lowest BCUT2D eigenvalue weighted by Crippen LogP contribution is -2.35. The molecule has 0 aliphatic heterocycles. The molecule has 3 aromatic carbocycles. The molecule has 0 radical (unpaired) electrons. The number of anilines is 1. The maximum atomic E-state index is 15.0. The van der Waals surface area contributed by atoms with Crippen molar-refractivity contribution in [2.75, 3.05) is 24.2 Å². The van der Waals surface area contributed by atoms with Gasteiger partial charge in [-0.05, 0) is 79.4 Å². The fraction of sp³-hybridized carbons (Fsp3) is 0.280. The van der Waals surface area contributed by atoms with Crippen molar-refractivity contribution in [1.29, 1.82) is 0 Å². The molecule has 0 heterocycles. The van der Waals surface area contributed by atoms with Gasteiger partial charge in [0.2, 0.25) is 10.0 Å². The quantitative estimate of drug-likeness (QED) is 0.319. The van der Waals surface area contributed by atoms with Gasteiger partial charge in [0.25, 0.3) is 10.0 Å². The number of hydrogen-bond donors (Lipinski definition) is 0. The van der Waals surface area contributed by atoms with Crippen molar-refractivity contribution in [1.82, 2.24) is 4.31 Å². The van der Waals surface area contributed by atoms with Crippen molar-refractivity contribution in [2.45, 2.75) is 30.7 Å². The van der Waals surface area contributed by atoms with E-state index in [9.17, 15) is 30.0 Å². The van der Waals surface area contributed by atoms with Crippen LogP contribution in [0, 0.1) is 17.5 Å². The molecule has 1 atom stereocenters. The van der Waals surface area contributed by atoms with E-state index in [-0.39, 0.29) is 28.5 Å². The van der Waals surface area contributed by atoms with Crippen LogP contribution in [0.25, 0.3) is 0 Å². The molecular formula is C25H26ClF3N2O4S2. The zero-order chi connectivity index (χ0) is 27.5. The van der Waals surface area contributed by atoms with Gasteiger partial charge in [0.1, 0.15) is 17.5 Å². The molecule has 0 N–H and O–H groups in total. The normalized spacial score (nSPS) is 13.1. The predicted octanol–water partition coefficient (Wildman–Crippen LogP) is 5.54. The number of benzene rings is 3. The van der Waals surface area contributed by atoms with E-state index in [4.69, 9.17) is 11.6 Å². The van der Waals surface area contributed by atoms with Crippen LogP contribution in [0.1, 0.15) is 30.5 Å². The molecule has 0 amide bonds. The molecule has 0 aromatic heterocycles. The molecule has 3 rings (SSSR count). The lowest BCUT2D eigenvalue weighted by atomic mass is 9.97. The maximum Gasteiger partial charge on any atom is 0.264 e. The van der Waals surface area contributed by atoms with E-state index in [1.807, 2.05) is 0 Å². The zero-order valence-electron chi connectivity index (χ0n) is 20.3. The Morgan fingerprint density at radius 1 is 0.865 bits per heavy atom. The molecule has 0 aliphatic carbocycles. The Bertz CT molecular complexity index is 1480. The summed E-state index contributed by atoms with van der Waals surface area (Å²) in [6, 6.07) is 10.2. The molecular weight excluding hydrogens is 549 g/mol. The standard InChI is InChI=1S/C25H26ClF3N2O4S2/c1-17(23-12-8-20(27)15-18(23)5-4-14-36(32,33)30(2)3)31(25-16-21(28)9-13-24(25)29)37(34,35)22-10-6-19(26)7-11-22/h6-13,15-17H,4-5,14H2,1-3H3/t17-/m1/s1. The van der Waals surface area contributed by atoms with Crippen LogP contribution >= 0.6 is 11.6 Å². The van der Waals surface area contributed by atoms with Gasteiger partial charge in [-0.3, -0.25) is 4.31 Å². The number of sulfonamides is 2. The molecule has 3 aromatic rings. The van der Waals surface area contributed by atoms with E-state index in [0.717, 1.165) is 32.9 Å². The molecule has 0 aliphatic rings. The smallest absolute Gasteiger partial charge is 0.256 e. The Balaban J connectivity index is 2.12. The Kier molecular flexibility index (Phi) is 8.94. The summed E-state index contributed by atoms with van der Waals surface area (Å²) in [5.74, 6) is -2.65. The summed E-state index contributed by atoms with van der Waals surface area (Å²) in [5.41, 5.74) is 0.118. The van der Waals surface area contributed by atoms with Crippen LogP contribution in [0.5, 0.6) is 0 Å². The van der Waals surface area contributed by atoms with Gasteiger partial charge in [-0.15, -0.1) is 0 Å². The SMILES string of the molecule is C[C@H](c1ccc(F)cc1CCCS(=O)(=O)N(C)C)N(c1cc(F)ccc1F)S(=O)(=O)c1ccc(Cl)cc1. The molecule has 12 heteroatoms. The predicted molar refractivity (Wildman–Crippen MR) is 138 cm³/mol. The summed E-state index contributed by atoms with van der Waals surface area (Å²) in [6.07, 6.45) is 0.229. The number of aryl methyl sites for hydroxylation is 1. The van der Waals surface area contributed by atoms with Crippen molar-refractivity contribution in [3.63, 3.8) is 0 Å². The highest BCUT2D eigenvalue weighted by molar-refractivity contribution is 7.92. The molecule has 0 bridgehead atoms. The van der Waals surface area contributed by atoms with Crippen molar-refractivity contribution >= 4 is 37.3 Å². The number of rotatable bonds is 10. The second-order valence-corrected chi connectivity index (χ2v) is 13.1. The van der Waals surface area contributed by atoms with Crippen LogP contribution < -0.4 is 4.31 Å². The van der Waals surface area contributed by atoms with Gasteiger partial charge in [-0.25, -0.2) is 34.3 Å². The highest BCUT2D eigenvalue weighted by Gasteiger charge is 2.33. The van der Waals surface area contributed by atoms with Crippen molar-refractivity contribution in [2.24, 2.45) is 0 Å². The van der Waals surface area contributed by atoms with E-state index in [2.05, 4.69) is 0 Å². The fourth-order valence-corrected chi connectivity index (χ4v) is 6.51. The van der Waals surface area contributed by atoms with Gasteiger partial charge in [-0.2, -0.15) is 0 Å². The fourth-order valence-electron chi connectivity index (χ4n) is 3.87. The van der Waals surface area contributed by atoms with Gasteiger partial charge in [-0.1, -0.05) is 17.7 Å². The average Bonchev–Trinajstić information content (AvgIpc) is 2.81. The first kappa shape index (κ1) is 29.0. The minimum Gasteiger partial charge on any atom is -0.256 e. The number of hydrogen-bond acceptors (Lipinski definition) is 4. The van der Waals surface area contributed by atoms with E-state index < -0.39 is 49.2 Å². The van der Waals surface area contributed by atoms with Crippen LogP contribution in [0.4, 0.5) is 18.9 Å². The average molecular weight is 575 g/mol. The highest BCUT2D eigenvalue weighted by Crippen LogP contribution is 2.37. The molecule has 0 unspecified atom stereocenters. The monoisotopic (exact) mass is 574 g/mol. The summed E-state index contributed by atoms with van der Waals surface area (Å²) in [6.45, 7) is 1.46.